The number of rotatable bonds is 5. The van der Waals surface area contributed by atoms with Crippen LogP contribution in [0.3, 0.4) is 0 Å². The Morgan fingerprint density at radius 2 is 1.93 bits per heavy atom. The van der Waals surface area contributed by atoms with Gasteiger partial charge in [-0.1, -0.05) is 12.1 Å². The van der Waals surface area contributed by atoms with Gasteiger partial charge < -0.3 is 4.74 Å². The van der Waals surface area contributed by atoms with Crippen LogP contribution in [0.1, 0.15) is 16.1 Å². The highest BCUT2D eigenvalue weighted by Crippen LogP contribution is 2.33. The summed E-state index contributed by atoms with van der Waals surface area (Å²) < 4.78 is 5.48. The van der Waals surface area contributed by atoms with E-state index in [0.29, 0.717) is 0 Å². The van der Waals surface area contributed by atoms with Crippen molar-refractivity contribution >= 4 is 11.3 Å². The lowest BCUT2D eigenvalue weighted by molar-refractivity contribution is 0.245. The monoisotopic (exact) mass is 415 g/mol. The van der Waals surface area contributed by atoms with Crippen LogP contribution in [0.2, 0.25) is 0 Å². The fraction of sp³-hybridized carbons (Fsp3) is 0.217. The topological polar surface area (TPSA) is 64.0 Å². The molecule has 1 aromatic carbocycles. The number of fused-ring (bicyclic) bond motifs is 1. The van der Waals surface area contributed by atoms with Crippen LogP contribution in [-0.2, 0) is 19.5 Å². The molecule has 0 unspecified atom stereocenters. The molecule has 150 valence electrons. The van der Waals surface area contributed by atoms with Crippen molar-refractivity contribution in [2.45, 2.75) is 19.5 Å². The van der Waals surface area contributed by atoms with Gasteiger partial charge in [0.15, 0.2) is 5.82 Å². The minimum Gasteiger partial charge on any atom is -0.496 e. The largest absolute Gasteiger partial charge is 0.496 e. The molecule has 5 rings (SSSR count). The summed E-state index contributed by atoms with van der Waals surface area (Å²) in [7, 11) is 1.70. The van der Waals surface area contributed by atoms with Crippen molar-refractivity contribution in [1.29, 1.82) is 0 Å². The van der Waals surface area contributed by atoms with Gasteiger partial charge in [0.05, 0.1) is 18.4 Å². The molecular formula is C23H21N5OS. The third-order valence-corrected chi connectivity index (χ3v) is 6.24. The van der Waals surface area contributed by atoms with Crippen LogP contribution < -0.4 is 4.74 Å². The van der Waals surface area contributed by atoms with Gasteiger partial charge in [-0.25, -0.2) is 15.0 Å². The Kier molecular flexibility index (Phi) is 5.21. The maximum Gasteiger partial charge on any atom is 0.159 e. The molecule has 3 aromatic heterocycles. The summed E-state index contributed by atoms with van der Waals surface area (Å²) in [6.07, 6.45) is 8.42. The number of pyridine rings is 1. The molecule has 30 heavy (non-hydrogen) atoms. The number of ether oxygens (including phenoxy) is 1. The third kappa shape index (κ3) is 3.81. The second-order valence-corrected chi connectivity index (χ2v) is 8.31. The molecule has 1 aliphatic heterocycles. The Morgan fingerprint density at radius 3 is 2.80 bits per heavy atom. The molecule has 0 radical (unpaired) electrons. The highest BCUT2D eigenvalue weighted by Gasteiger charge is 2.20. The van der Waals surface area contributed by atoms with Crippen LogP contribution in [0.4, 0.5) is 0 Å². The molecule has 6 nitrogen and oxygen atoms in total. The van der Waals surface area contributed by atoms with Gasteiger partial charge in [-0.15, -0.1) is 11.3 Å². The lowest BCUT2D eigenvalue weighted by Gasteiger charge is -2.27. The van der Waals surface area contributed by atoms with Gasteiger partial charge in [-0.3, -0.25) is 9.88 Å². The maximum absolute atomic E-state index is 5.48. The van der Waals surface area contributed by atoms with Crippen molar-refractivity contribution in [1.82, 2.24) is 24.8 Å². The lowest BCUT2D eigenvalue weighted by atomic mass is 10.1. The van der Waals surface area contributed by atoms with Crippen LogP contribution >= 0.6 is 11.3 Å². The van der Waals surface area contributed by atoms with Crippen molar-refractivity contribution in [3.8, 4) is 27.7 Å². The Balaban J connectivity index is 1.30. The number of methoxy groups -OCH3 is 1. The van der Waals surface area contributed by atoms with Gasteiger partial charge in [0.25, 0.3) is 0 Å². The van der Waals surface area contributed by atoms with E-state index < -0.39 is 0 Å². The van der Waals surface area contributed by atoms with E-state index in [1.54, 1.807) is 30.8 Å². The average molecular weight is 416 g/mol. The number of hydrogen-bond acceptors (Lipinski definition) is 7. The summed E-state index contributed by atoms with van der Waals surface area (Å²) >= 11 is 1.72. The first-order valence-electron chi connectivity index (χ1n) is 9.86. The molecular weight excluding hydrogens is 394 g/mol. The van der Waals surface area contributed by atoms with Crippen molar-refractivity contribution in [2.24, 2.45) is 0 Å². The van der Waals surface area contributed by atoms with Crippen molar-refractivity contribution in [3.05, 3.63) is 77.3 Å². The minimum atomic E-state index is 0.772. The molecule has 0 bridgehead atoms. The second-order valence-electron chi connectivity index (χ2n) is 7.19. The fourth-order valence-corrected chi connectivity index (χ4v) is 4.68. The van der Waals surface area contributed by atoms with Crippen LogP contribution in [0.15, 0.2) is 61.2 Å². The van der Waals surface area contributed by atoms with Crippen molar-refractivity contribution < 1.29 is 4.74 Å². The molecule has 0 spiro atoms. The van der Waals surface area contributed by atoms with Gasteiger partial charge in [0, 0.05) is 66.8 Å². The zero-order valence-electron chi connectivity index (χ0n) is 16.7. The van der Waals surface area contributed by atoms with Crippen molar-refractivity contribution in [3.63, 3.8) is 0 Å². The highest BCUT2D eigenvalue weighted by atomic mass is 32.1. The number of nitrogens with zero attached hydrogens (tertiary/aromatic N) is 5. The SMILES string of the molecule is COc1ccccc1-c1ncc(CN2CCc3nc(-c4ccncc4)ncc3C2)s1. The van der Waals surface area contributed by atoms with E-state index in [1.807, 2.05) is 42.7 Å². The van der Waals surface area contributed by atoms with Crippen LogP contribution in [0, 0.1) is 0 Å². The summed E-state index contributed by atoms with van der Waals surface area (Å²) in [6, 6.07) is 11.9. The Hall–Kier alpha value is -3.16. The molecule has 4 aromatic rings. The Labute approximate surface area is 179 Å². The molecule has 0 saturated heterocycles. The minimum absolute atomic E-state index is 0.772. The number of benzene rings is 1. The number of thiazole rings is 1. The van der Waals surface area contributed by atoms with E-state index in [0.717, 1.165) is 59.5 Å². The first-order chi connectivity index (χ1) is 14.8. The van der Waals surface area contributed by atoms with E-state index >= 15 is 0 Å². The van der Waals surface area contributed by atoms with E-state index in [1.165, 1.54) is 10.4 Å². The predicted molar refractivity (Wildman–Crippen MR) is 117 cm³/mol. The smallest absolute Gasteiger partial charge is 0.159 e. The summed E-state index contributed by atoms with van der Waals surface area (Å²) in [5.74, 6) is 1.63. The summed E-state index contributed by atoms with van der Waals surface area (Å²) in [4.78, 5) is 21.7. The zero-order chi connectivity index (χ0) is 20.3. The summed E-state index contributed by atoms with van der Waals surface area (Å²) in [6.45, 7) is 2.70. The van der Waals surface area contributed by atoms with Gasteiger partial charge in [0.2, 0.25) is 0 Å². The van der Waals surface area contributed by atoms with Gasteiger partial charge in [-0.05, 0) is 24.3 Å². The Bertz CT molecular complexity index is 1160. The molecule has 0 saturated carbocycles. The molecule has 1 aliphatic rings. The highest BCUT2D eigenvalue weighted by molar-refractivity contribution is 7.15. The van der Waals surface area contributed by atoms with Gasteiger partial charge >= 0.3 is 0 Å². The molecule has 0 amide bonds. The van der Waals surface area contributed by atoms with Crippen molar-refractivity contribution in [2.75, 3.05) is 13.7 Å². The molecule has 0 aliphatic carbocycles. The van der Waals surface area contributed by atoms with Crippen LogP contribution in [-0.4, -0.2) is 38.5 Å². The second kappa shape index (κ2) is 8.30. The summed E-state index contributed by atoms with van der Waals surface area (Å²) in [5.41, 5.74) is 4.39. The first-order valence-corrected chi connectivity index (χ1v) is 10.7. The molecule has 0 atom stereocenters. The predicted octanol–water partition coefficient (Wildman–Crippen LogP) is 4.23. The van der Waals surface area contributed by atoms with Gasteiger partial charge in [0.1, 0.15) is 10.8 Å². The van der Waals surface area contributed by atoms with E-state index in [-0.39, 0.29) is 0 Å². The molecule has 0 N–H and O–H groups in total. The van der Waals surface area contributed by atoms with Crippen LogP contribution in [0.5, 0.6) is 5.75 Å². The normalized spacial score (nSPS) is 13.8. The van der Waals surface area contributed by atoms with E-state index in [2.05, 4.69) is 25.9 Å². The Morgan fingerprint density at radius 1 is 1.07 bits per heavy atom. The average Bonchev–Trinajstić information content (AvgIpc) is 3.27. The molecule has 7 heteroatoms. The maximum atomic E-state index is 5.48. The van der Waals surface area contributed by atoms with Crippen LogP contribution in [0.25, 0.3) is 22.0 Å². The molecule has 4 heterocycles. The number of aromatic nitrogens is 4. The summed E-state index contributed by atoms with van der Waals surface area (Å²) in [5, 5.41) is 0.991. The molecule has 0 fully saturated rings. The van der Waals surface area contributed by atoms with Gasteiger partial charge in [-0.2, -0.15) is 0 Å². The van der Waals surface area contributed by atoms with E-state index in [9.17, 15) is 0 Å². The number of para-hydroxylation sites is 1. The fourth-order valence-electron chi connectivity index (χ4n) is 3.70. The third-order valence-electron chi connectivity index (χ3n) is 5.22. The quantitative estimate of drug-likeness (QED) is 0.486. The first kappa shape index (κ1) is 18.8. The number of hydrogen-bond donors (Lipinski definition) is 0. The lowest BCUT2D eigenvalue weighted by Crippen LogP contribution is -2.30. The van der Waals surface area contributed by atoms with E-state index in [4.69, 9.17) is 9.72 Å². The standard InChI is InChI=1S/C23H21N5OS/c1-29-21-5-3-2-4-19(21)23-26-13-18(30-23)15-28-11-8-20-17(14-28)12-25-22(27-20)16-6-9-24-10-7-16/h2-7,9-10,12-13H,8,11,14-15H2,1H3. The zero-order valence-corrected chi connectivity index (χ0v) is 17.5.